The first kappa shape index (κ1) is 14.5. The van der Waals surface area contributed by atoms with E-state index in [1.54, 1.807) is 0 Å². The topological polar surface area (TPSA) is 33.1 Å². The van der Waals surface area contributed by atoms with Crippen LogP contribution >= 0.6 is 0 Å². The number of benzene rings is 1. The van der Waals surface area contributed by atoms with E-state index < -0.39 is 0 Å². The molecule has 2 unspecified atom stereocenters. The van der Waals surface area contributed by atoms with Gasteiger partial charge in [0.2, 0.25) is 0 Å². The number of hydrogen-bond acceptors (Lipinski definition) is 3. The van der Waals surface area contributed by atoms with Crippen molar-refractivity contribution in [2.75, 3.05) is 27.2 Å². The Labute approximate surface area is 127 Å². The standard InChI is InChI=1S/C17H26N4/c1-13(20(2)3)17-19-15-8-4-5-9-16(15)21(17)12-14-7-6-10-18-11-14/h4-5,8-9,13-14,18H,6-7,10-12H2,1-3H3. The Kier molecular flexibility index (Phi) is 4.27. The summed E-state index contributed by atoms with van der Waals surface area (Å²) in [4.78, 5) is 7.13. The van der Waals surface area contributed by atoms with Gasteiger partial charge in [-0.2, -0.15) is 0 Å². The number of hydrogen-bond donors (Lipinski definition) is 1. The minimum Gasteiger partial charge on any atom is -0.326 e. The third kappa shape index (κ3) is 2.97. The van der Waals surface area contributed by atoms with E-state index in [0.717, 1.165) is 18.6 Å². The predicted molar refractivity (Wildman–Crippen MR) is 87.4 cm³/mol. The van der Waals surface area contributed by atoms with Crippen LogP contribution in [-0.2, 0) is 6.54 Å². The quantitative estimate of drug-likeness (QED) is 0.938. The predicted octanol–water partition coefficient (Wildman–Crippen LogP) is 2.66. The number of para-hydroxylation sites is 2. The fourth-order valence-electron chi connectivity index (χ4n) is 3.17. The highest BCUT2D eigenvalue weighted by molar-refractivity contribution is 5.76. The zero-order valence-electron chi connectivity index (χ0n) is 13.3. The summed E-state index contributed by atoms with van der Waals surface area (Å²) in [6.07, 6.45) is 2.60. The molecule has 1 aliphatic heterocycles. The average molecular weight is 286 g/mol. The summed E-state index contributed by atoms with van der Waals surface area (Å²) < 4.78 is 2.44. The summed E-state index contributed by atoms with van der Waals surface area (Å²) in [6.45, 7) is 5.60. The molecule has 1 N–H and O–H groups in total. The zero-order chi connectivity index (χ0) is 14.8. The molecule has 1 fully saturated rings. The summed E-state index contributed by atoms with van der Waals surface area (Å²) in [6, 6.07) is 8.84. The first-order valence-electron chi connectivity index (χ1n) is 7.99. The normalized spacial score (nSPS) is 21.0. The van der Waals surface area contributed by atoms with Gasteiger partial charge in [0, 0.05) is 6.54 Å². The highest BCUT2D eigenvalue weighted by Crippen LogP contribution is 2.25. The van der Waals surface area contributed by atoms with Crippen LogP contribution in [0.3, 0.4) is 0 Å². The number of nitrogens with zero attached hydrogens (tertiary/aromatic N) is 3. The summed E-state index contributed by atoms with van der Waals surface area (Å²) >= 11 is 0. The maximum atomic E-state index is 4.90. The van der Waals surface area contributed by atoms with Crippen molar-refractivity contribution in [2.45, 2.75) is 32.4 Å². The van der Waals surface area contributed by atoms with Crippen molar-refractivity contribution in [2.24, 2.45) is 5.92 Å². The van der Waals surface area contributed by atoms with Crippen LogP contribution in [-0.4, -0.2) is 41.6 Å². The molecule has 4 nitrogen and oxygen atoms in total. The molecule has 0 aliphatic carbocycles. The van der Waals surface area contributed by atoms with E-state index in [1.165, 1.54) is 30.7 Å². The van der Waals surface area contributed by atoms with Crippen molar-refractivity contribution in [1.29, 1.82) is 0 Å². The van der Waals surface area contributed by atoms with E-state index in [-0.39, 0.29) is 0 Å². The van der Waals surface area contributed by atoms with Crippen molar-refractivity contribution in [3.63, 3.8) is 0 Å². The van der Waals surface area contributed by atoms with Crippen LogP contribution in [0, 0.1) is 5.92 Å². The first-order chi connectivity index (χ1) is 10.2. The Morgan fingerprint density at radius 3 is 2.90 bits per heavy atom. The number of fused-ring (bicyclic) bond motifs is 1. The molecule has 0 radical (unpaired) electrons. The highest BCUT2D eigenvalue weighted by atomic mass is 15.2. The van der Waals surface area contributed by atoms with Crippen LogP contribution in [0.25, 0.3) is 11.0 Å². The summed E-state index contributed by atoms with van der Waals surface area (Å²) in [5.41, 5.74) is 2.39. The number of imidazole rings is 1. The Hall–Kier alpha value is -1.39. The minimum absolute atomic E-state index is 0.328. The lowest BCUT2D eigenvalue weighted by molar-refractivity contribution is 0.286. The molecule has 2 aromatic rings. The molecule has 1 aromatic carbocycles. The molecule has 0 amide bonds. The van der Waals surface area contributed by atoms with Gasteiger partial charge < -0.3 is 9.88 Å². The Bertz CT molecular complexity index is 596. The van der Waals surface area contributed by atoms with Crippen molar-refractivity contribution >= 4 is 11.0 Å². The van der Waals surface area contributed by atoms with Gasteiger partial charge in [0.25, 0.3) is 0 Å². The summed E-state index contributed by atoms with van der Waals surface area (Å²) in [7, 11) is 4.24. The van der Waals surface area contributed by atoms with Crippen molar-refractivity contribution in [1.82, 2.24) is 19.8 Å². The molecular weight excluding hydrogens is 260 g/mol. The minimum atomic E-state index is 0.328. The third-order valence-corrected chi connectivity index (χ3v) is 4.67. The van der Waals surface area contributed by atoms with Gasteiger partial charge in [0.15, 0.2) is 0 Å². The molecule has 4 heteroatoms. The van der Waals surface area contributed by atoms with E-state index in [9.17, 15) is 0 Å². The molecule has 1 saturated heterocycles. The van der Waals surface area contributed by atoms with Gasteiger partial charge in [-0.3, -0.25) is 4.90 Å². The number of nitrogens with one attached hydrogen (secondary N) is 1. The van der Waals surface area contributed by atoms with Gasteiger partial charge in [-0.25, -0.2) is 4.98 Å². The van der Waals surface area contributed by atoms with Crippen molar-refractivity contribution in [3.05, 3.63) is 30.1 Å². The van der Waals surface area contributed by atoms with E-state index >= 15 is 0 Å². The van der Waals surface area contributed by atoms with Gasteiger partial charge in [-0.1, -0.05) is 12.1 Å². The Balaban J connectivity index is 1.98. The number of piperidine rings is 1. The molecule has 114 valence electrons. The van der Waals surface area contributed by atoms with E-state index in [1.807, 2.05) is 0 Å². The Morgan fingerprint density at radius 1 is 1.38 bits per heavy atom. The number of aromatic nitrogens is 2. The molecule has 2 atom stereocenters. The van der Waals surface area contributed by atoms with Crippen LogP contribution in [0.15, 0.2) is 24.3 Å². The second-order valence-electron chi connectivity index (χ2n) is 6.42. The largest absolute Gasteiger partial charge is 0.326 e. The van der Waals surface area contributed by atoms with Gasteiger partial charge in [-0.15, -0.1) is 0 Å². The average Bonchev–Trinajstić information content (AvgIpc) is 2.86. The fourth-order valence-corrected chi connectivity index (χ4v) is 3.17. The molecule has 0 saturated carbocycles. The van der Waals surface area contributed by atoms with E-state index in [2.05, 4.69) is 60.1 Å². The molecule has 0 bridgehead atoms. The SMILES string of the molecule is CC(c1nc2ccccc2n1CC1CCCNC1)N(C)C. The lowest BCUT2D eigenvalue weighted by atomic mass is 9.99. The first-order valence-corrected chi connectivity index (χ1v) is 7.99. The third-order valence-electron chi connectivity index (χ3n) is 4.67. The molecule has 2 heterocycles. The maximum Gasteiger partial charge on any atom is 0.127 e. The van der Waals surface area contributed by atoms with Gasteiger partial charge in [-0.05, 0) is 65.0 Å². The monoisotopic (exact) mass is 286 g/mol. The van der Waals surface area contributed by atoms with Gasteiger partial charge in [0.05, 0.1) is 17.1 Å². The molecule has 1 aliphatic rings. The van der Waals surface area contributed by atoms with Crippen molar-refractivity contribution in [3.8, 4) is 0 Å². The van der Waals surface area contributed by atoms with Gasteiger partial charge >= 0.3 is 0 Å². The molecule has 3 rings (SSSR count). The smallest absolute Gasteiger partial charge is 0.127 e. The fraction of sp³-hybridized carbons (Fsp3) is 0.588. The number of rotatable bonds is 4. The van der Waals surface area contributed by atoms with Crippen molar-refractivity contribution < 1.29 is 0 Å². The second-order valence-corrected chi connectivity index (χ2v) is 6.42. The lowest BCUT2D eigenvalue weighted by Gasteiger charge is -2.26. The van der Waals surface area contributed by atoms with E-state index in [4.69, 9.17) is 4.98 Å². The Morgan fingerprint density at radius 2 is 2.19 bits per heavy atom. The van der Waals surface area contributed by atoms with Gasteiger partial charge in [0.1, 0.15) is 5.82 Å². The highest BCUT2D eigenvalue weighted by Gasteiger charge is 2.21. The second kappa shape index (κ2) is 6.16. The summed E-state index contributed by atoms with van der Waals surface area (Å²) in [5, 5.41) is 3.52. The van der Waals surface area contributed by atoms with Crippen LogP contribution in [0.4, 0.5) is 0 Å². The molecule has 1 aromatic heterocycles. The van der Waals surface area contributed by atoms with Crippen LogP contribution in [0.1, 0.15) is 31.6 Å². The maximum absolute atomic E-state index is 4.90. The van der Waals surface area contributed by atoms with Crippen LogP contribution < -0.4 is 5.32 Å². The van der Waals surface area contributed by atoms with E-state index in [0.29, 0.717) is 12.0 Å². The molecule has 0 spiro atoms. The zero-order valence-corrected chi connectivity index (χ0v) is 13.3. The van der Waals surface area contributed by atoms with Crippen LogP contribution in [0.5, 0.6) is 0 Å². The lowest BCUT2D eigenvalue weighted by Crippen LogP contribution is -2.33. The summed E-state index contributed by atoms with van der Waals surface area (Å²) in [5.74, 6) is 1.90. The molecular formula is C17H26N4. The molecule has 21 heavy (non-hydrogen) atoms. The van der Waals surface area contributed by atoms with Crippen LogP contribution in [0.2, 0.25) is 0 Å².